The number of hydrogen-bond donors (Lipinski definition) is 1. The second kappa shape index (κ2) is 4.49. The third-order valence-corrected chi connectivity index (χ3v) is 2.08. The van der Waals surface area contributed by atoms with Crippen molar-refractivity contribution in [2.45, 2.75) is 6.92 Å². The minimum absolute atomic E-state index is 0.0546. The van der Waals surface area contributed by atoms with E-state index in [1.54, 1.807) is 6.07 Å². The Bertz CT molecular complexity index is 393. The Labute approximate surface area is 91.8 Å². The van der Waals surface area contributed by atoms with Gasteiger partial charge in [0.2, 0.25) is 0 Å². The maximum atomic E-state index is 11.4. The number of hydrogen-bond acceptors (Lipinski definition) is 2. The first-order chi connectivity index (χ1) is 6.50. The molecule has 0 radical (unpaired) electrons. The van der Waals surface area contributed by atoms with Crippen molar-refractivity contribution in [3.63, 3.8) is 0 Å². The second-order valence-electron chi connectivity index (χ2n) is 2.77. The summed E-state index contributed by atoms with van der Waals surface area (Å²) in [4.78, 5) is 11.4. The summed E-state index contributed by atoms with van der Waals surface area (Å²) in [6.07, 6.45) is 1.11. The van der Waals surface area contributed by atoms with Crippen LogP contribution in [-0.4, -0.2) is 10.9 Å². The van der Waals surface area contributed by atoms with E-state index in [0.717, 1.165) is 6.08 Å². The van der Waals surface area contributed by atoms with E-state index in [-0.39, 0.29) is 16.6 Å². The van der Waals surface area contributed by atoms with Crippen molar-refractivity contribution in [3.05, 3.63) is 45.6 Å². The Hall–Kier alpha value is -0.990. The summed E-state index contributed by atoms with van der Waals surface area (Å²) >= 11 is 11.5. The molecule has 1 aromatic carbocycles. The van der Waals surface area contributed by atoms with Crippen molar-refractivity contribution >= 4 is 29.0 Å². The minimum Gasteiger partial charge on any atom is -0.512 e. The highest BCUT2D eigenvalue weighted by atomic mass is 35.5. The Balaban J connectivity index is 3.08. The van der Waals surface area contributed by atoms with Crippen LogP contribution in [-0.2, 0) is 0 Å². The molecule has 2 nitrogen and oxygen atoms in total. The molecular weight excluding hydrogens is 223 g/mol. The molecule has 1 aromatic rings. The quantitative estimate of drug-likeness (QED) is 0.479. The van der Waals surface area contributed by atoms with Gasteiger partial charge in [-0.15, -0.1) is 0 Å². The van der Waals surface area contributed by atoms with E-state index >= 15 is 0 Å². The number of carbonyl (C=O) groups is 1. The molecule has 0 aromatic heterocycles. The van der Waals surface area contributed by atoms with E-state index in [4.69, 9.17) is 28.3 Å². The molecule has 0 atom stereocenters. The summed E-state index contributed by atoms with van der Waals surface area (Å²) in [5, 5.41) is 9.65. The maximum absolute atomic E-state index is 11.4. The normalized spacial score (nSPS) is 11.5. The third kappa shape index (κ3) is 2.76. The van der Waals surface area contributed by atoms with Crippen molar-refractivity contribution < 1.29 is 9.90 Å². The molecule has 0 bridgehead atoms. The molecule has 0 fully saturated rings. The van der Waals surface area contributed by atoms with Crippen LogP contribution in [0.5, 0.6) is 0 Å². The van der Waals surface area contributed by atoms with Crippen LogP contribution in [0.2, 0.25) is 10.0 Å². The number of carbonyl (C=O) groups excluding carboxylic acids is 1. The molecule has 4 heteroatoms. The number of aliphatic hydroxyl groups is 1. The van der Waals surface area contributed by atoms with E-state index in [0.29, 0.717) is 10.6 Å². The molecule has 0 saturated heterocycles. The van der Waals surface area contributed by atoms with Gasteiger partial charge in [-0.05, 0) is 25.1 Å². The van der Waals surface area contributed by atoms with Crippen LogP contribution in [0.1, 0.15) is 17.3 Å². The van der Waals surface area contributed by atoms with E-state index in [2.05, 4.69) is 0 Å². The fourth-order valence-electron chi connectivity index (χ4n) is 0.957. The minimum atomic E-state index is -0.341. The van der Waals surface area contributed by atoms with Crippen LogP contribution in [0.15, 0.2) is 30.0 Å². The van der Waals surface area contributed by atoms with Gasteiger partial charge >= 0.3 is 0 Å². The lowest BCUT2D eigenvalue weighted by atomic mass is 10.1. The molecule has 0 unspecified atom stereocenters. The van der Waals surface area contributed by atoms with Gasteiger partial charge in [-0.1, -0.05) is 23.2 Å². The fourth-order valence-corrected chi connectivity index (χ4v) is 1.46. The number of rotatable bonds is 2. The fraction of sp³-hybridized carbons (Fsp3) is 0.100. The van der Waals surface area contributed by atoms with Crippen LogP contribution < -0.4 is 0 Å². The molecule has 0 aliphatic heterocycles. The summed E-state index contributed by atoms with van der Waals surface area (Å²) in [5.41, 5.74) is 0.324. The number of benzene rings is 1. The Morgan fingerprint density at radius 3 is 2.57 bits per heavy atom. The lowest BCUT2D eigenvalue weighted by Gasteiger charge is -2.00. The van der Waals surface area contributed by atoms with Crippen LogP contribution in [0.4, 0.5) is 0 Å². The maximum Gasteiger partial charge on any atom is 0.190 e. The van der Waals surface area contributed by atoms with Crippen molar-refractivity contribution in [3.8, 4) is 0 Å². The molecule has 0 spiro atoms. The molecule has 74 valence electrons. The summed E-state index contributed by atoms with van der Waals surface area (Å²) in [5.74, 6) is -0.396. The molecular formula is C10H8Cl2O2. The van der Waals surface area contributed by atoms with E-state index < -0.39 is 0 Å². The first kappa shape index (κ1) is 11.1. The Morgan fingerprint density at radius 1 is 1.43 bits per heavy atom. The van der Waals surface area contributed by atoms with Gasteiger partial charge in [0, 0.05) is 16.7 Å². The molecule has 0 heterocycles. The third-order valence-electron chi connectivity index (χ3n) is 1.54. The average Bonchev–Trinajstić information content (AvgIpc) is 2.01. The molecule has 14 heavy (non-hydrogen) atoms. The molecule has 0 amide bonds. The van der Waals surface area contributed by atoms with Gasteiger partial charge in [-0.2, -0.15) is 0 Å². The van der Waals surface area contributed by atoms with Gasteiger partial charge in [0.15, 0.2) is 5.78 Å². The first-order valence-electron chi connectivity index (χ1n) is 3.87. The highest BCUT2D eigenvalue weighted by molar-refractivity contribution is 6.37. The topological polar surface area (TPSA) is 37.3 Å². The van der Waals surface area contributed by atoms with Gasteiger partial charge in [-0.3, -0.25) is 4.79 Å². The van der Waals surface area contributed by atoms with Crippen LogP contribution >= 0.6 is 23.2 Å². The van der Waals surface area contributed by atoms with E-state index in [1.165, 1.54) is 19.1 Å². The van der Waals surface area contributed by atoms with Crippen molar-refractivity contribution in [2.24, 2.45) is 0 Å². The zero-order valence-electron chi connectivity index (χ0n) is 7.42. The standard InChI is InChI=1S/C10H8Cl2O2/c1-6(13)4-10(14)8-3-2-7(11)5-9(8)12/h2-5,13H,1H3. The number of allylic oxidation sites excluding steroid dienone is 2. The van der Waals surface area contributed by atoms with Crippen molar-refractivity contribution in [1.29, 1.82) is 0 Å². The molecule has 0 saturated carbocycles. The zero-order valence-corrected chi connectivity index (χ0v) is 8.93. The zero-order chi connectivity index (χ0) is 10.7. The van der Waals surface area contributed by atoms with Gasteiger partial charge in [0.05, 0.1) is 10.8 Å². The van der Waals surface area contributed by atoms with Crippen molar-refractivity contribution in [2.75, 3.05) is 0 Å². The van der Waals surface area contributed by atoms with Gasteiger partial charge < -0.3 is 5.11 Å². The van der Waals surface area contributed by atoms with Crippen molar-refractivity contribution in [1.82, 2.24) is 0 Å². The van der Waals surface area contributed by atoms with Gasteiger partial charge in [0.25, 0.3) is 0 Å². The monoisotopic (exact) mass is 230 g/mol. The highest BCUT2D eigenvalue weighted by Gasteiger charge is 2.08. The lowest BCUT2D eigenvalue weighted by Crippen LogP contribution is -1.96. The van der Waals surface area contributed by atoms with E-state index in [1.807, 2.05) is 0 Å². The molecule has 0 aliphatic carbocycles. The highest BCUT2D eigenvalue weighted by Crippen LogP contribution is 2.21. The van der Waals surface area contributed by atoms with Gasteiger partial charge in [-0.25, -0.2) is 0 Å². The second-order valence-corrected chi connectivity index (χ2v) is 3.62. The van der Waals surface area contributed by atoms with E-state index in [9.17, 15) is 4.79 Å². The predicted octanol–water partition coefficient (Wildman–Crippen LogP) is 3.64. The summed E-state index contributed by atoms with van der Waals surface area (Å²) < 4.78 is 0. The number of aliphatic hydroxyl groups excluding tert-OH is 1. The summed E-state index contributed by atoms with van der Waals surface area (Å²) in [6, 6.07) is 4.57. The molecule has 0 aliphatic rings. The summed E-state index contributed by atoms with van der Waals surface area (Å²) in [7, 11) is 0. The van der Waals surface area contributed by atoms with Crippen LogP contribution in [0, 0.1) is 0 Å². The predicted molar refractivity (Wildman–Crippen MR) is 57.2 cm³/mol. The molecule has 1 N–H and O–H groups in total. The largest absolute Gasteiger partial charge is 0.512 e. The van der Waals surface area contributed by atoms with Crippen LogP contribution in [0.3, 0.4) is 0 Å². The Kier molecular flexibility index (Phi) is 3.55. The Morgan fingerprint density at radius 2 is 2.07 bits per heavy atom. The number of ketones is 1. The van der Waals surface area contributed by atoms with Crippen LogP contribution in [0.25, 0.3) is 0 Å². The number of halogens is 2. The summed E-state index contributed by atoms with van der Waals surface area (Å²) in [6.45, 7) is 1.42. The first-order valence-corrected chi connectivity index (χ1v) is 4.63. The molecule has 1 rings (SSSR count). The smallest absolute Gasteiger partial charge is 0.190 e. The lowest BCUT2D eigenvalue weighted by molar-refractivity contribution is 0.104. The van der Waals surface area contributed by atoms with Gasteiger partial charge in [0.1, 0.15) is 0 Å². The SMILES string of the molecule is CC(O)=CC(=O)c1ccc(Cl)cc1Cl. The average molecular weight is 231 g/mol.